The zero-order chi connectivity index (χ0) is 17.6. The van der Waals surface area contributed by atoms with Gasteiger partial charge in [-0.3, -0.25) is 14.9 Å². The van der Waals surface area contributed by atoms with Crippen molar-refractivity contribution in [3.8, 4) is 0 Å². The summed E-state index contributed by atoms with van der Waals surface area (Å²) in [6.07, 6.45) is 9.47. The van der Waals surface area contributed by atoms with Gasteiger partial charge in [0.15, 0.2) is 0 Å². The van der Waals surface area contributed by atoms with Crippen molar-refractivity contribution in [1.82, 2.24) is 0 Å². The largest absolute Gasteiger partial charge is 0.299 e. The molecule has 1 aliphatic rings. The SMILES string of the molecule is O=C/C=C1/c2ccccc2CC[C@H]1C/C=C/c1ccc([N+](=O)[O-])cc1. The summed E-state index contributed by atoms with van der Waals surface area (Å²) in [6, 6.07) is 14.7. The third-order valence-corrected chi connectivity index (χ3v) is 4.61. The summed E-state index contributed by atoms with van der Waals surface area (Å²) < 4.78 is 0. The number of aryl methyl sites for hydroxylation is 1. The quantitative estimate of drug-likeness (QED) is 0.340. The molecule has 4 heteroatoms. The van der Waals surface area contributed by atoms with Crippen molar-refractivity contribution in [1.29, 1.82) is 0 Å². The summed E-state index contributed by atoms with van der Waals surface area (Å²) >= 11 is 0. The maximum Gasteiger partial charge on any atom is 0.269 e. The molecule has 0 aliphatic heterocycles. The van der Waals surface area contributed by atoms with E-state index in [1.54, 1.807) is 18.2 Å². The average Bonchev–Trinajstić information content (AvgIpc) is 2.64. The molecule has 0 unspecified atom stereocenters. The van der Waals surface area contributed by atoms with E-state index in [1.165, 1.54) is 23.3 Å². The van der Waals surface area contributed by atoms with E-state index in [0.29, 0.717) is 5.92 Å². The molecule has 0 bridgehead atoms. The highest BCUT2D eigenvalue weighted by molar-refractivity contribution is 5.84. The number of aldehydes is 1. The second-order valence-corrected chi connectivity index (χ2v) is 6.14. The fourth-order valence-electron chi connectivity index (χ4n) is 3.34. The van der Waals surface area contributed by atoms with Crippen molar-refractivity contribution in [3.05, 3.63) is 87.5 Å². The van der Waals surface area contributed by atoms with E-state index in [2.05, 4.69) is 18.2 Å². The van der Waals surface area contributed by atoms with Crippen LogP contribution in [0.4, 0.5) is 5.69 Å². The van der Waals surface area contributed by atoms with Crippen molar-refractivity contribution < 1.29 is 9.72 Å². The molecule has 1 atom stereocenters. The number of hydrogen-bond acceptors (Lipinski definition) is 3. The molecule has 0 saturated carbocycles. The van der Waals surface area contributed by atoms with Crippen LogP contribution in [0.2, 0.25) is 0 Å². The van der Waals surface area contributed by atoms with Gasteiger partial charge >= 0.3 is 0 Å². The number of nitro benzene ring substituents is 1. The number of nitro groups is 1. The van der Waals surface area contributed by atoms with Crippen molar-refractivity contribution in [3.63, 3.8) is 0 Å². The van der Waals surface area contributed by atoms with Crippen LogP contribution in [0, 0.1) is 16.0 Å². The molecule has 25 heavy (non-hydrogen) atoms. The van der Waals surface area contributed by atoms with Crippen molar-refractivity contribution in [2.75, 3.05) is 0 Å². The molecule has 2 aromatic carbocycles. The average molecular weight is 333 g/mol. The van der Waals surface area contributed by atoms with Gasteiger partial charge in [0.05, 0.1) is 4.92 Å². The highest BCUT2D eigenvalue weighted by Gasteiger charge is 2.22. The molecule has 126 valence electrons. The van der Waals surface area contributed by atoms with Crippen LogP contribution in [0.5, 0.6) is 0 Å². The first-order chi connectivity index (χ1) is 12.2. The number of nitrogens with zero attached hydrogens (tertiary/aromatic N) is 1. The number of carbonyl (C=O) groups is 1. The van der Waals surface area contributed by atoms with Crippen LogP contribution in [-0.4, -0.2) is 11.2 Å². The number of non-ortho nitro benzene ring substituents is 1. The minimum absolute atomic E-state index is 0.0947. The van der Waals surface area contributed by atoms with Gasteiger partial charge in [-0.05, 0) is 65.7 Å². The zero-order valence-electron chi connectivity index (χ0n) is 13.8. The summed E-state index contributed by atoms with van der Waals surface area (Å²) in [7, 11) is 0. The molecule has 4 nitrogen and oxygen atoms in total. The Hall–Kier alpha value is -3.01. The van der Waals surface area contributed by atoms with Crippen LogP contribution in [0.1, 0.15) is 29.5 Å². The molecule has 0 spiro atoms. The third kappa shape index (κ3) is 3.91. The van der Waals surface area contributed by atoms with Gasteiger partial charge in [-0.15, -0.1) is 0 Å². The van der Waals surface area contributed by atoms with Crippen LogP contribution < -0.4 is 0 Å². The molecule has 0 N–H and O–H groups in total. The molecule has 0 radical (unpaired) electrons. The summed E-state index contributed by atoms with van der Waals surface area (Å²) in [4.78, 5) is 21.3. The Morgan fingerprint density at radius 2 is 1.88 bits per heavy atom. The van der Waals surface area contributed by atoms with Crippen LogP contribution in [-0.2, 0) is 11.2 Å². The fraction of sp³-hybridized carbons (Fsp3) is 0.190. The van der Waals surface area contributed by atoms with Gasteiger partial charge in [-0.2, -0.15) is 0 Å². The second-order valence-electron chi connectivity index (χ2n) is 6.14. The summed E-state index contributed by atoms with van der Waals surface area (Å²) in [5.41, 5.74) is 4.60. The summed E-state index contributed by atoms with van der Waals surface area (Å²) in [5.74, 6) is 0.314. The molecule has 1 aliphatic carbocycles. The van der Waals surface area contributed by atoms with Gasteiger partial charge in [0.25, 0.3) is 5.69 Å². The lowest BCUT2D eigenvalue weighted by Gasteiger charge is -2.27. The van der Waals surface area contributed by atoms with Gasteiger partial charge in [-0.1, -0.05) is 36.4 Å². The topological polar surface area (TPSA) is 60.2 Å². The van der Waals surface area contributed by atoms with Crippen LogP contribution in [0.3, 0.4) is 0 Å². The molecule has 2 aromatic rings. The molecular formula is C21H19NO3. The molecular weight excluding hydrogens is 314 g/mol. The lowest BCUT2D eigenvalue weighted by molar-refractivity contribution is -0.384. The number of benzene rings is 2. The Morgan fingerprint density at radius 1 is 1.12 bits per heavy atom. The van der Waals surface area contributed by atoms with Gasteiger partial charge in [0.2, 0.25) is 0 Å². The van der Waals surface area contributed by atoms with Crippen molar-refractivity contribution >= 4 is 23.6 Å². The predicted molar refractivity (Wildman–Crippen MR) is 99.0 cm³/mol. The molecule has 0 saturated heterocycles. The number of rotatable bonds is 5. The van der Waals surface area contributed by atoms with Gasteiger partial charge < -0.3 is 0 Å². The fourth-order valence-corrected chi connectivity index (χ4v) is 3.34. The van der Waals surface area contributed by atoms with Crippen LogP contribution >= 0.6 is 0 Å². The first-order valence-electron chi connectivity index (χ1n) is 8.33. The summed E-state index contributed by atoms with van der Waals surface area (Å²) in [6.45, 7) is 0. The first kappa shape index (κ1) is 16.8. The highest BCUT2D eigenvalue weighted by Crippen LogP contribution is 2.37. The highest BCUT2D eigenvalue weighted by atomic mass is 16.6. The molecule has 3 rings (SSSR count). The monoisotopic (exact) mass is 333 g/mol. The van der Waals surface area contributed by atoms with E-state index < -0.39 is 4.92 Å². The summed E-state index contributed by atoms with van der Waals surface area (Å²) in [5, 5.41) is 10.7. The van der Waals surface area contributed by atoms with E-state index in [-0.39, 0.29) is 5.69 Å². The van der Waals surface area contributed by atoms with Crippen molar-refractivity contribution in [2.24, 2.45) is 5.92 Å². The Bertz CT molecular complexity index is 834. The maximum absolute atomic E-state index is 11.1. The first-order valence-corrected chi connectivity index (χ1v) is 8.33. The van der Waals surface area contributed by atoms with E-state index in [1.807, 2.05) is 18.2 Å². The zero-order valence-corrected chi connectivity index (χ0v) is 13.8. The van der Waals surface area contributed by atoms with E-state index in [9.17, 15) is 14.9 Å². The van der Waals surface area contributed by atoms with E-state index in [0.717, 1.165) is 36.7 Å². The van der Waals surface area contributed by atoms with Crippen molar-refractivity contribution in [2.45, 2.75) is 19.3 Å². The van der Waals surface area contributed by atoms with Gasteiger partial charge in [0, 0.05) is 12.1 Å². The minimum Gasteiger partial charge on any atom is -0.299 e. The van der Waals surface area contributed by atoms with Gasteiger partial charge in [0.1, 0.15) is 6.29 Å². The Kier molecular flexibility index (Phi) is 5.19. The lowest BCUT2D eigenvalue weighted by Crippen LogP contribution is -2.13. The normalized spacial score (nSPS) is 18.2. The standard InChI is InChI=1S/C21H19NO3/c23-15-14-21-18(11-10-17-5-1-2-7-20(17)21)6-3-4-16-8-12-19(13-9-16)22(24)25/h1-5,7-9,12-15,18H,6,10-11H2/b4-3+,21-14+/t18-/m1/s1. The Morgan fingerprint density at radius 3 is 2.60 bits per heavy atom. The predicted octanol–water partition coefficient (Wildman–Crippen LogP) is 4.84. The number of fused-ring (bicyclic) bond motifs is 1. The molecule has 0 aromatic heterocycles. The van der Waals surface area contributed by atoms with Crippen LogP contribution in [0.15, 0.2) is 60.7 Å². The van der Waals surface area contributed by atoms with E-state index in [4.69, 9.17) is 0 Å². The van der Waals surface area contributed by atoms with Crippen LogP contribution in [0.25, 0.3) is 11.6 Å². The lowest BCUT2D eigenvalue weighted by atomic mass is 9.78. The molecule has 0 amide bonds. The number of allylic oxidation sites excluding steroid dienone is 3. The van der Waals surface area contributed by atoms with E-state index >= 15 is 0 Å². The maximum atomic E-state index is 11.1. The third-order valence-electron chi connectivity index (χ3n) is 4.61. The smallest absolute Gasteiger partial charge is 0.269 e. The second kappa shape index (κ2) is 7.71. The Labute approximate surface area is 146 Å². The Balaban J connectivity index is 1.73. The number of carbonyl (C=O) groups excluding carboxylic acids is 1. The minimum atomic E-state index is -0.399. The number of hydrogen-bond donors (Lipinski definition) is 0. The molecule has 0 heterocycles. The van der Waals surface area contributed by atoms with Gasteiger partial charge in [-0.25, -0.2) is 0 Å². The molecule has 0 fully saturated rings.